The molecule has 3 nitrogen and oxygen atoms in total. The van der Waals surface area contributed by atoms with Crippen LogP contribution in [0.5, 0.6) is 0 Å². The van der Waals surface area contributed by atoms with Gasteiger partial charge in [-0.3, -0.25) is 4.79 Å². The Bertz CT molecular complexity index is 435. The number of carboxylic acid groups (broad SMARTS) is 1. The van der Waals surface area contributed by atoms with Gasteiger partial charge in [0.1, 0.15) is 0 Å². The minimum absolute atomic E-state index is 0.0186. The quantitative estimate of drug-likeness (QED) is 0.828. The lowest BCUT2D eigenvalue weighted by Crippen LogP contribution is -2.48. The van der Waals surface area contributed by atoms with Gasteiger partial charge in [0.15, 0.2) is 0 Å². The summed E-state index contributed by atoms with van der Waals surface area (Å²) in [4.78, 5) is 11.3. The van der Waals surface area contributed by atoms with Crippen LogP contribution in [0, 0.1) is 5.41 Å². The van der Waals surface area contributed by atoms with Crippen LogP contribution < -0.4 is 5.32 Å². The van der Waals surface area contributed by atoms with Crippen molar-refractivity contribution in [1.82, 2.24) is 5.32 Å². The molecule has 1 fully saturated rings. The largest absolute Gasteiger partial charge is 0.481 e. The van der Waals surface area contributed by atoms with Crippen LogP contribution in [0.3, 0.4) is 0 Å². The molecule has 0 saturated heterocycles. The topological polar surface area (TPSA) is 49.3 Å². The number of aliphatic carboxylic acids is 1. The van der Waals surface area contributed by atoms with Gasteiger partial charge in [-0.1, -0.05) is 50.6 Å². The van der Waals surface area contributed by atoms with Crippen LogP contribution in [0.2, 0.25) is 0 Å². The second-order valence-corrected chi connectivity index (χ2v) is 6.29. The lowest BCUT2D eigenvalue weighted by molar-refractivity contribution is -0.154. The molecular formula is C16H23NO2. The summed E-state index contributed by atoms with van der Waals surface area (Å²) < 4.78 is 0. The summed E-state index contributed by atoms with van der Waals surface area (Å²) in [6, 6.07) is 10.3. The van der Waals surface area contributed by atoms with Crippen molar-refractivity contribution in [1.29, 1.82) is 0 Å². The Morgan fingerprint density at radius 2 is 1.95 bits per heavy atom. The summed E-state index contributed by atoms with van der Waals surface area (Å²) >= 11 is 0. The minimum Gasteiger partial charge on any atom is -0.481 e. The van der Waals surface area contributed by atoms with Crippen LogP contribution in [0.15, 0.2) is 30.3 Å². The molecule has 0 unspecified atom stereocenters. The van der Waals surface area contributed by atoms with E-state index in [1.807, 2.05) is 18.2 Å². The molecule has 2 rings (SSSR count). The first-order valence-electron chi connectivity index (χ1n) is 6.96. The van der Waals surface area contributed by atoms with E-state index in [0.717, 1.165) is 25.8 Å². The molecule has 0 aromatic heterocycles. The normalized spacial score (nSPS) is 17.8. The number of hydrogen-bond donors (Lipinski definition) is 2. The number of carbonyl (C=O) groups is 1. The summed E-state index contributed by atoms with van der Waals surface area (Å²) in [5.74, 6) is -0.649. The fourth-order valence-corrected chi connectivity index (χ4v) is 2.68. The summed E-state index contributed by atoms with van der Waals surface area (Å²) in [7, 11) is 0. The minimum atomic E-state index is -0.649. The maximum absolute atomic E-state index is 11.3. The Morgan fingerprint density at radius 3 is 2.42 bits per heavy atom. The molecule has 0 atom stereocenters. The second-order valence-electron chi connectivity index (χ2n) is 6.29. The molecule has 1 aliphatic carbocycles. The van der Waals surface area contributed by atoms with E-state index in [9.17, 15) is 9.90 Å². The zero-order chi connectivity index (χ0) is 13.9. The Kier molecular flexibility index (Phi) is 3.95. The van der Waals surface area contributed by atoms with Crippen molar-refractivity contribution in [3.05, 3.63) is 35.9 Å². The number of hydrogen-bond acceptors (Lipinski definition) is 2. The van der Waals surface area contributed by atoms with Gasteiger partial charge < -0.3 is 10.4 Å². The number of benzene rings is 1. The maximum atomic E-state index is 11.3. The highest BCUT2D eigenvalue weighted by molar-refractivity contribution is 5.76. The SMILES string of the molecule is CC(C)(CNCC1(C(=O)O)CCC1)c1ccccc1. The molecule has 0 radical (unpaired) electrons. The molecule has 0 amide bonds. The zero-order valence-electron chi connectivity index (χ0n) is 11.8. The van der Waals surface area contributed by atoms with Gasteiger partial charge in [0.05, 0.1) is 5.41 Å². The van der Waals surface area contributed by atoms with Crippen LogP contribution in [-0.4, -0.2) is 24.2 Å². The van der Waals surface area contributed by atoms with E-state index in [-0.39, 0.29) is 5.41 Å². The molecule has 2 N–H and O–H groups in total. The van der Waals surface area contributed by atoms with Gasteiger partial charge in [0.2, 0.25) is 0 Å². The van der Waals surface area contributed by atoms with Crippen molar-refractivity contribution in [2.75, 3.05) is 13.1 Å². The van der Waals surface area contributed by atoms with Crippen LogP contribution in [0.1, 0.15) is 38.7 Å². The van der Waals surface area contributed by atoms with E-state index in [4.69, 9.17) is 0 Å². The second kappa shape index (κ2) is 5.33. The molecular weight excluding hydrogens is 238 g/mol. The summed E-state index contributed by atoms with van der Waals surface area (Å²) in [5.41, 5.74) is 0.790. The molecule has 0 bridgehead atoms. The Balaban J connectivity index is 1.90. The van der Waals surface area contributed by atoms with Gasteiger partial charge in [-0.2, -0.15) is 0 Å². The third-order valence-corrected chi connectivity index (χ3v) is 4.35. The number of carboxylic acids is 1. The maximum Gasteiger partial charge on any atom is 0.310 e. The van der Waals surface area contributed by atoms with E-state index in [1.165, 1.54) is 5.56 Å². The summed E-state index contributed by atoms with van der Waals surface area (Å²) in [5, 5.41) is 12.7. The van der Waals surface area contributed by atoms with Crippen molar-refractivity contribution in [3.63, 3.8) is 0 Å². The molecule has 1 aromatic rings. The molecule has 0 heterocycles. The average molecular weight is 261 g/mol. The molecule has 1 saturated carbocycles. The lowest BCUT2D eigenvalue weighted by Gasteiger charge is -2.38. The third-order valence-electron chi connectivity index (χ3n) is 4.35. The van der Waals surface area contributed by atoms with Gasteiger partial charge in [-0.25, -0.2) is 0 Å². The first kappa shape index (κ1) is 14.1. The first-order chi connectivity index (χ1) is 8.96. The van der Waals surface area contributed by atoms with Crippen LogP contribution in [0.4, 0.5) is 0 Å². The first-order valence-corrected chi connectivity index (χ1v) is 6.96. The van der Waals surface area contributed by atoms with Crippen LogP contribution in [-0.2, 0) is 10.2 Å². The van der Waals surface area contributed by atoms with Crippen molar-refractivity contribution in [2.24, 2.45) is 5.41 Å². The predicted molar refractivity (Wildman–Crippen MR) is 76.3 cm³/mol. The molecule has 104 valence electrons. The van der Waals surface area contributed by atoms with Crippen molar-refractivity contribution < 1.29 is 9.90 Å². The summed E-state index contributed by atoms with van der Waals surface area (Å²) in [6.07, 6.45) is 2.65. The standard InChI is InChI=1S/C16H23NO2/c1-15(2,13-7-4-3-5-8-13)11-17-12-16(14(18)19)9-6-10-16/h3-5,7-8,17H,6,9-12H2,1-2H3,(H,18,19). The summed E-state index contributed by atoms with van der Waals surface area (Å²) in [6.45, 7) is 5.75. The fourth-order valence-electron chi connectivity index (χ4n) is 2.68. The van der Waals surface area contributed by atoms with Crippen molar-refractivity contribution in [2.45, 2.75) is 38.5 Å². The van der Waals surface area contributed by atoms with E-state index < -0.39 is 11.4 Å². The number of nitrogens with one attached hydrogen (secondary N) is 1. The highest BCUT2D eigenvalue weighted by Gasteiger charge is 2.44. The van der Waals surface area contributed by atoms with Crippen LogP contribution >= 0.6 is 0 Å². The van der Waals surface area contributed by atoms with E-state index in [1.54, 1.807) is 0 Å². The third kappa shape index (κ3) is 2.98. The molecule has 0 spiro atoms. The van der Waals surface area contributed by atoms with Gasteiger partial charge in [-0.15, -0.1) is 0 Å². The average Bonchev–Trinajstić information content (AvgIpc) is 2.33. The Hall–Kier alpha value is -1.35. The Labute approximate surface area is 115 Å². The van der Waals surface area contributed by atoms with E-state index in [0.29, 0.717) is 6.54 Å². The van der Waals surface area contributed by atoms with Crippen molar-refractivity contribution in [3.8, 4) is 0 Å². The highest BCUT2D eigenvalue weighted by Crippen LogP contribution is 2.40. The van der Waals surface area contributed by atoms with Gasteiger partial charge in [0, 0.05) is 18.5 Å². The molecule has 0 aliphatic heterocycles. The monoisotopic (exact) mass is 261 g/mol. The predicted octanol–water partition coefficient (Wildman–Crippen LogP) is 2.81. The molecule has 19 heavy (non-hydrogen) atoms. The zero-order valence-corrected chi connectivity index (χ0v) is 11.8. The van der Waals surface area contributed by atoms with Gasteiger partial charge in [0.25, 0.3) is 0 Å². The number of rotatable bonds is 6. The van der Waals surface area contributed by atoms with E-state index in [2.05, 4.69) is 31.3 Å². The highest BCUT2D eigenvalue weighted by atomic mass is 16.4. The molecule has 1 aliphatic rings. The van der Waals surface area contributed by atoms with Gasteiger partial charge in [-0.05, 0) is 18.4 Å². The Morgan fingerprint density at radius 1 is 1.32 bits per heavy atom. The van der Waals surface area contributed by atoms with E-state index >= 15 is 0 Å². The van der Waals surface area contributed by atoms with Crippen LogP contribution in [0.25, 0.3) is 0 Å². The smallest absolute Gasteiger partial charge is 0.310 e. The molecule has 1 aromatic carbocycles. The fraction of sp³-hybridized carbons (Fsp3) is 0.562. The molecule has 3 heteroatoms. The lowest BCUT2D eigenvalue weighted by atomic mass is 9.68. The van der Waals surface area contributed by atoms with Gasteiger partial charge >= 0.3 is 5.97 Å². The van der Waals surface area contributed by atoms with Crippen molar-refractivity contribution >= 4 is 5.97 Å².